The first-order chi connectivity index (χ1) is 15.1. The third-order valence-electron chi connectivity index (χ3n) is 5.79. The lowest BCUT2D eigenvalue weighted by Crippen LogP contribution is -2.34. The second-order valence-corrected chi connectivity index (χ2v) is 8.27. The van der Waals surface area contributed by atoms with E-state index in [0.717, 1.165) is 65.1 Å². The molecule has 7 heteroatoms. The van der Waals surface area contributed by atoms with Crippen molar-refractivity contribution in [3.8, 4) is 6.07 Å². The van der Waals surface area contributed by atoms with Crippen molar-refractivity contribution >= 4 is 39.7 Å². The van der Waals surface area contributed by atoms with Gasteiger partial charge >= 0.3 is 0 Å². The van der Waals surface area contributed by atoms with Gasteiger partial charge in [0.1, 0.15) is 0 Å². The number of hydrogen-bond acceptors (Lipinski definition) is 5. The predicted octanol–water partition coefficient (Wildman–Crippen LogP) is 5.54. The molecule has 0 atom stereocenters. The Morgan fingerprint density at radius 3 is 2.71 bits per heavy atom. The minimum Gasteiger partial charge on any atom is -0.368 e. The number of halogens is 1. The summed E-state index contributed by atoms with van der Waals surface area (Å²) in [7, 11) is 0. The Bertz CT molecular complexity index is 1190. The third kappa shape index (κ3) is 4.55. The normalized spacial score (nSPS) is 14.3. The zero-order valence-electron chi connectivity index (χ0n) is 17.4. The Kier molecular flexibility index (Phi) is 6.21. The lowest BCUT2D eigenvalue weighted by molar-refractivity contribution is 0.485. The quantitative estimate of drug-likeness (QED) is 0.538. The number of fused-ring (bicyclic) bond motifs is 1. The molecule has 6 nitrogen and oxygen atoms in total. The number of aryl methyl sites for hydroxylation is 1. The Morgan fingerprint density at radius 1 is 1.19 bits per heavy atom. The van der Waals surface area contributed by atoms with Gasteiger partial charge in [0.05, 0.1) is 12.6 Å². The maximum Gasteiger partial charge on any atom is 0.188 e. The molecule has 156 valence electrons. The molecule has 3 aromatic rings. The van der Waals surface area contributed by atoms with Crippen LogP contribution < -0.4 is 10.2 Å². The van der Waals surface area contributed by atoms with Crippen molar-refractivity contribution in [2.45, 2.75) is 26.2 Å². The first-order valence-electron chi connectivity index (χ1n) is 10.4. The van der Waals surface area contributed by atoms with Gasteiger partial charge in [0.2, 0.25) is 0 Å². The number of nitrogens with one attached hydrogen (secondary N) is 1. The fraction of sp³-hybridized carbons (Fsp3) is 0.333. The SMILES string of the molecule is [C-]#[N+]c1ccc2c(N3CCC(C#N)CC3)nnc(NCCc3ccc(C)c(Cl)c3)c2c1. The van der Waals surface area contributed by atoms with E-state index >= 15 is 0 Å². The second-order valence-electron chi connectivity index (χ2n) is 7.86. The predicted molar refractivity (Wildman–Crippen MR) is 125 cm³/mol. The number of hydrogen-bond donors (Lipinski definition) is 1. The van der Waals surface area contributed by atoms with Crippen molar-refractivity contribution in [2.75, 3.05) is 29.9 Å². The van der Waals surface area contributed by atoms with E-state index in [1.807, 2.05) is 37.3 Å². The molecule has 1 saturated heterocycles. The number of nitriles is 1. The summed E-state index contributed by atoms with van der Waals surface area (Å²) in [5.74, 6) is 1.61. The molecule has 0 unspecified atom stereocenters. The largest absolute Gasteiger partial charge is 0.368 e. The van der Waals surface area contributed by atoms with Crippen LogP contribution in [-0.2, 0) is 6.42 Å². The molecule has 1 fully saturated rings. The fourth-order valence-corrected chi connectivity index (χ4v) is 4.10. The summed E-state index contributed by atoms with van der Waals surface area (Å²) < 4.78 is 0. The van der Waals surface area contributed by atoms with Gasteiger partial charge in [-0.2, -0.15) is 5.26 Å². The zero-order valence-corrected chi connectivity index (χ0v) is 18.2. The monoisotopic (exact) mass is 430 g/mol. The number of nitrogens with zero attached hydrogens (tertiary/aromatic N) is 5. The number of rotatable bonds is 5. The molecule has 0 spiro atoms. The summed E-state index contributed by atoms with van der Waals surface area (Å²) in [5.41, 5.74) is 2.79. The molecule has 1 aliphatic heterocycles. The van der Waals surface area contributed by atoms with E-state index in [1.165, 1.54) is 0 Å². The molecular formula is C24H23ClN6. The van der Waals surface area contributed by atoms with Gasteiger partial charge in [-0.05, 0) is 49.4 Å². The van der Waals surface area contributed by atoms with Crippen LogP contribution >= 0.6 is 11.6 Å². The number of piperidine rings is 1. The van der Waals surface area contributed by atoms with Gasteiger partial charge in [0, 0.05) is 41.3 Å². The standard InChI is InChI=1S/C24H23ClN6/c1-16-3-4-17(13-22(16)25)7-10-28-23-21-14-19(27-2)5-6-20(21)24(30-29-23)31-11-8-18(15-26)9-12-31/h3-6,13-14,18H,7-12H2,1H3,(H,28,29). The molecule has 1 N–H and O–H groups in total. The zero-order chi connectivity index (χ0) is 21.8. The van der Waals surface area contributed by atoms with Gasteiger partial charge in [-0.15, -0.1) is 10.2 Å². The van der Waals surface area contributed by atoms with Gasteiger partial charge in [-0.25, -0.2) is 4.85 Å². The summed E-state index contributed by atoms with van der Waals surface area (Å²) in [6, 6.07) is 14.1. The van der Waals surface area contributed by atoms with Crippen molar-refractivity contribution in [3.63, 3.8) is 0 Å². The van der Waals surface area contributed by atoms with Crippen LogP contribution in [0.15, 0.2) is 36.4 Å². The molecule has 31 heavy (non-hydrogen) atoms. The molecule has 1 aromatic heterocycles. The first kappa shape index (κ1) is 20.9. The van der Waals surface area contributed by atoms with Crippen LogP contribution in [0, 0.1) is 30.7 Å². The van der Waals surface area contributed by atoms with Crippen molar-refractivity contribution in [2.24, 2.45) is 5.92 Å². The number of aromatic nitrogens is 2. The molecule has 0 saturated carbocycles. The Labute approximate surface area is 187 Å². The Morgan fingerprint density at radius 2 is 2.00 bits per heavy atom. The van der Waals surface area contributed by atoms with Crippen LogP contribution in [0.25, 0.3) is 15.6 Å². The van der Waals surface area contributed by atoms with Crippen molar-refractivity contribution in [3.05, 3.63) is 64.0 Å². The average molecular weight is 431 g/mol. The van der Waals surface area contributed by atoms with E-state index in [2.05, 4.69) is 37.4 Å². The van der Waals surface area contributed by atoms with E-state index in [0.29, 0.717) is 18.1 Å². The van der Waals surface area contributed by atoms with Crippen LogP contribution in [0.3, 0.4) is 0 Å². The summed E-state index contributed by atoms with van der Waals surface area (Å²) in [6.45, 7) is 11.6. The van der Waals surface area contributed by atoms with Gasteiger partial charge in [0.25, 0.3) is 0 Å². The van der Waals surface area contributed by atoms with E-state index in [9.17, 15) is 0 Å². The second kappa shape index (κ2) is 9.20. The molecule has 1 aliphatic rings. The van der Waals surface area contributed by atoms with Gasteiger partial charge < -0.3 is 10.2 Å². The lowest BCUT2D eigenvalue weighted by atomic mass is 9.98. The lowest BCUT2D eigenvalue weighted by Gasteiger charge is -2.30. The highest BCUT2D eigenvalue weighted by atomic mass is 35.5. The smallest absolute Gasteiger partial charge is 0.188 e. The van der Waals surface area contributed by atoms with Crippen molar-refractivity contribution < 1.29 is 0 Å². The van der Waals surface area contributed by atoms with Gasteiger partial charge in [-0.1, -0.05) is 35.9 Å². The highest BCUT2D eigenvalue weighted by Crippen LogP contribution is 2.33. The Hall–Kier alpha value is -3.35. The van der Waals surface area contributed by atoms with Crippen LogP contribution in [0.5, 0.6) is 0 Å². The van der Waals surface area contributed by atoms with E-state index in [4.69, 9.17) is 23.4 Å². The van der Waals surface area contributed by atoms with Crippen LogP contribution in [0.2, 0.25) is 5.02 Å². The molecule has 4 rings (SSSR count). The molecule has 2 heterocycles. The van der Waals surface area contributed by atoms with Crippen molar-refractivity contribution in [1.29, 1.82) is 5.26 Å². The van der Waals surface area contributed by atoms with E-state index in [1.54, 1.807) is 0 Å². The molecule has 2 aromatic carbocycles. The molecular weight excluding hydrogens is 408 g/mol. The summed E-state index contributed by atoms with van der Waals surface area (Å²) >= 11 is 6.24. The Balaban J connectivity index is 1.58. The summed E-state index contributed by atoms with van der Waals surface area (Å²) in [4.78, 5) is 5.77. The van der Waals surface area contributed by atoms with Crippen LogP contribution in [0.4, 0.5) is 17.3 Å². The molecule has 0 radical (unpaired) electrons. The van der Waals surface area contributed by atoms with Gasteiger partial charge in [-0.3, -0.25) is 0 Å². The number of benzene rings is 2. The molecule has 0 bridgehead atoms. The number of anilines is 2. The maximum absolute atomic E-state index is 9.17. The average Bonchev–Trinajstić information content (AvgIpc) is 2.81. The molecule has 0 amide bonds. The van der Waals surface area contributed by atoms with Crippen molar-refractivity contribution in [1.82, 2.24) is 10.2 Å². The van der Waals surface area contributed by atoms with E-state index in [-0.39, 0.29) is 5.92 Å². The topological polar surface area (TPSA) is 69.2 Å². The highest BCUT2D eigenvalue weighted by molar-refractivity contribution is 6.31. The molecule has 0 aliphatic carbocycles. The maximum atomic E-state index is 9.17. The first-order valence-corrected chi connectivity index (χ1v) is 10.8. The minimum atomic E-state index is 0.111. The third-order valence-corrected chi connectivity index (χ3v) is 6.20. The van der Waals surface area contributed by atoms with Crippen LogP contribution in [0.1, 0.15) is 24.0 Å². The minimum absolute atomic E-state index is 0.111. The summed E-state index contributed by atoms with van der Waals surface area (Å²) in [6.07, 6.45) is 2.47. The highest BCUT2D eigenvalue weighted by Gasteiger charge is 2.22. The fourth-order valence-electron chi connectivity index (χ4n) is 3.90. The van der Waals surface area contributed by atoms with Crippen LogP contribution in [-0.4, -0.2) is 29.8 Å². The van der Waals surface area contributed by atoms with E-state index < -0.39 is 0 Å². The van der Waals surface area contributed by atoms with Gasteiger partial charge in [0.15, 0.2) is 17.3 Å². The summed E-state index contributed by atoms with van der Waals surface area (Å²) in [5, 5.41) is 24.2.